The number of nitrogens with zero attached hydrogens (tertiary/aromatic N) is 2. The molecule has 0 amide bonds. The molecule has 0 spiro atoms. The highest BCUT2D eigenvalue weighted by atomic mass is 16.5. The van der Waals surface area contributed by atoms with Crippen molar-refractivity contribution in [3.05, 3.63) is 29.3 Å². The second-order valence-electron chi connectivity index (χ2n) is 6.40. The summed E-state index contributed by atoms with van der Waals surface area (Å²) in [5, 5.41) is 0. The molecule has 0 bridgehead atoms. The summed E-state index contributed by atoms with van der Waals surface area (Å²) >= 11 is 0. The van der Waals surface area contributed by atoms with Gasteiger partial charge in [0.15, 0.2) is 5.78 Å². The maximum Gasteiger partial charge on any atom is 0.176 e. The van der Waals surface area contributed by atoms with Crippen LogP contribution in [-0.4, -0.2) is 61.0 Å². The molecule has 2 atom stereocenters. The predicted octanol–water partition coefficient (Wildman–Crippen LogP) is 1.83. The molecule has 2 heterocycles. The summed E-state index contributed by atoms with van der Waals surface area (Å²) in [5.74, 6) is 1.15. The van der Waals surface area contributed by atoms with Crippen molar-refractivity contribution in [2.75, 3.05) is 33.3 Å². The number of Topliss-reactive ketones (excluding diaryl/α,β-unsaturated/α-hetero) is 1. The number of benzene rings is 1. The largest absolute Gasteiger partial charge is 0.493 e. The fourth-order valence-electron chi connectivity index (χ4n) is 3.30. The first-order valence-corrected chi connectivity index (χ1v) is 7.78. The Labute approximate surface area is 126 Å². The third-order valence-corrected chi connectivity index (χ3v) is 4.81. The number of hydrogen-bond acceptors (Lipinski definition) is 4. The summed E-state index contributed by atoms with van der Waals surface area (Å²) < 4.78 is 5.50. The number of hydrogen-bond donors (Lipinski definition) is 0. The monoisotopic (exact) mass is 288 g/mol. The Morgan fingerprint density at radius 2 is 2.00 bits per heavy atom. The van der Waals surface area contributed by atoms with Gasteiger partial charge in [-0.15, -0.1) is 0 Å². The van der Waals surface area contributed by atoms with Crippen molar-refractivity contribution in [3.63, 3.8) is 0 Å². The average molecular weight is 288 g/mol. The number of carbonyl (C=O) groups is 1. The molecule has 0 aromatic heterocycles. The quantitative estimate of drug-likeness (QED) is 0.795. The maximum atomic E-state index is 12.5. The molecule has 3 rings (SSSR count). The Bertz CT molecular complexity index is 532. The number of carbonyl (C=O) groups excluding carboxylic acids is 1. The van der Waals surface area contributed by atoms with Crippen molar-refractivity contribution < 1.29 is 9.53 Å². The number of piperazine rings is 1. The smallest absolute Gasteiger partial charge is 0.176 e. The fourth-order valence-corrected chi connectivity index (χ4v) is 3.30. The number of fused-ring (bicyclic) bond motifs is 1. The van der Waals surface area contributed by atoms with Gasteiger partial charge in [-0.05, 0) is 44.7 Å². The molecule has 2 aliphatic rings. The minimum absolute atomic E-state index is 0.216. The normalized spacial score (nSPS) is 26.4. The molecular weight excluding hydrogens is 264 g/mol. The Hall–Kier alpha value is -1.39. The first-order valence-electron chi connectivity index (χ1n) is 7.78. The van der Waals surface area contributed by atoms with Gasteiger partial charge >= 0.3 is 0 Å². The van der Waals surface area contributed by atoms with E-state index < -0.39 is 0 Å². The van der Waals surface area contributed by atoms with Gasteiger partial charge in [0.05, 0.1) is 13.2 Å². The third kappa shape index (κ3) is 2.97. The van der Waals surface area contributed by atoms with E-state index in [0.717, 1.165) is 37.4 Å². The fraction of sp³-hybridized carbons (Fsp3) is 0.588. The van der Waals surface area contributed by atoms with Crippen molar-refractivity contribution in [2.45, 2.75) is 32.4 Å². The number of likely N-dealkylation sites (N-methyl/N-ethyl adjacent to an activating group) is 1. The van der Waals surface area contributed by atoms with Crippen LogP contribution in [0.2, 0.25) is 0 Å². The lowest BCUT2D eigenvalue weighted by Crippen LogP contribution is -2.55. The lowest BCUT2D eigenvalue weighted by atomic mass is 10.0. The Balaban J connectivity index is 1.66. The molecule has 21 heavy (non-hydrogen) atoms. The van der Waals surface area contributed by atoms with Gasteiger partial charge in [-0.3, -0.25) is 14.6 Å². The Morgan fingerprint density at radius 1 is 1.29 bits per heavy atom. The van der Waals surface area contributed by atoms with E-state index in [1.54, 1.807) is 0 Å². The minimum atomic E-state index is 0.216. The van der Waals surface area contributed by atoms with Gasteiger partial charge in [0.2, 0.25) is 0 Å². The SMILES string of the molecule is CC1CN(CC(=O)c2ccc3c(c2)CCO3)CC(C)N1C. The van der Waals surface area contributed by atoms with E-state index in [2.05, 4.69) is 30.7 Å². The van der Waals surface area contributed by atoms with E-state index >= 15 is 0 Å². The molecule has 0 saturated carbocycles. The molecule has 0 aliphatic carbocycles. The topological polar surface area (TPSA) is 32.8 Å². The van der Waals surface area contributed by atoms with Gasteiger partial charge in [0, 0.05) is 37.2 Å². The van der Waals surface area contributed by atoms with Gasteiger partial charge < -0.3 is 4.74 Å². The van der Waals surface area contributed by atoms with Crippen LogP contribution >= 0.6 is 0 Å². The van der Waals surface area contributed by atoms with Crippen molar-refractivity contribution >= 4 is 5.78 Å². The highest BCUT2D eigenvalue weighted by Gasteiger charge is 2.27. The van der Waals surface area contributed by atoms with Crippen molar-refractivity contribution in [2.24, 2.45) is 0 Å². The van der Waals surface area contributed by atoms with E-state index in [1.165, 1.54) is 5.56 Å². The van der Waals surface area contributed by atoms with E-state index in [0.29, 0.717) is 18.6 Å². The van der Waals surface area contributed by atoms with Crippen LogP contribution in [0.5, 0.6) is 5.75 Å². The molecule has 0 radical (unpaired) electrons. The molecule has 1 saturated heterocycles. The second kappa shape index (κ2) is 5.78. The summed E-state index contributed by atoms with van der Waals surface area (Å²) in [4.78, 5) is 17.2. The Morgan fingerprint density at radius 3 is 2.71 bits per heavy atom. The molecule has 0 N–H and O–H groups in total. The maximum absolute atomic E-state index is 12.5. The van der Waals surface area contributed by atoms with Crippen LogP contribution in [-0.2, 0) is 6.42 Å². The van der Waals surface area contributed by atoms with Crippen LogP contribution in [0.1, 0.15) is 29.8 Å². The van der Waals surface area contributed by atoms with Crippen LogP contribution in [0, 0.1) is 0 Å². The summed E-state index contributed by atoms with van der Waals surface area (Å²) in [6.45, 7) is 7.61. The summed E-state index contributed by atoms with van der Waals surface area (Å²) in [6.07, 6.45) is 0.916. The number of ether oxygens (including phenoxy) is 1. The molecule has 1 aromatic carbocycles. The molecule has 4 nitrogen and oxygen atoms in total. The molecule has 114 valence electrons. The van der Waals surface area contributed by atoms with Crippen LogP contribution < -0.4 is 4.74 Å². The summed E-state index contributed by atoms with van der Waals surface area (Å²) in [7, 11) is 2.16. The molecular formula is C17H24N2O2. The molecule has 2 aliphatic heterocycles. The zero-order valence-corrected chi connectivity index (χ0v) is 13.1. The van der Waals surface area contributed by atoms with Gasteiger partial charge in [-0.1, -0.05) is 0 Å². The van der Waals surface area contributed by atoms with E-state index in [-0.39, 0.29) is 5.78 Å². The zero-order chi connectivity index (χ0) is 15.0. The second-order valence-corrected chi connectivity index (χ2v) is 6.40. The summed E-state index contributed by atoms with van der Waals surface area (Å²) in [6, 6.07) is 6.83. The highest BCUT2D eigenvalue weighted by molar-refractivity contribution is 5.98. The van der Waals surface area contributed by atoms with Crippen LogP contribution in [0.15, 0.2) is 18.2 Å². The molecule has 2 unspecified atom stereocenters. The van der Waals surface area contributed by atoms with Crippen molar-refractivity contribution in [3.8, 4) is 5.75 Å². The first-order chi connectivity index (χ1) is 10.0. The average Bonchev–Trinajstić information content (AvgIpc) is 2.91. The third-order valence-electron chi connectivity index (χ3n) is 4.81. The number of rotatable bonds is 3. The minimum Gasteiger partial charge on any atom is -0.493 e. The van der Waals surface area contributed by atoms with Gasteiger partial charge in [-0.2, -0.15) is 0 Å². The summed E-state index contributed by atoms with van der Waals surface area (Å²) in [5.41, 5.74) is 1.99. The van der Waals surface area contributed by atoms with E-state index in [4.69, 9.17) is 4.74 Å². The number of ketones is 1. The van der Waals surface area contributed by atoms with Gasteiger partial charge in [0.25, 0.3) is 0 Å². The Kier molecular flexibility index (Phi) is 4.00. The molecule has 4 heteroatoms. The lowest BCUT2D eigenvalue weighted by Gasteiger charge is -2.42. The van der Waals surface area contributed by atoms with E-state index in [9.17, 15) is 4.79 Å². The zero-order valence-electron chi connectivity index (χ0n) is 13.1. The predicted molar refractivity (Wildman–Crippen MR) is 83.1 cm³/mol. The first kappa shape index (κ1) is 14.5. The van der Waals surface area contributed by atoms with Crippen LogP contribution in [0.25, 0.3) is 0 Å². The van der Waals surface area contributed by atoms with Crippen LogP contribution in [0.4, 0.5) is 0 Å². The van der Waals surface area contributed by atoms with Gasteiger partial charge in [0.1, 0.15) is 5.75 Å². The van der Waals surface area contributed by atoms with Gasteiger partial charge in [-0.25, -0.2) is 0 Å². The van der Waals surface area contributed by atoms with Crippen molar-refractivity contribution in [1.82, 2.24) is 9.80 Å². The highest BCUT2D eigenvalue weighted by Crippen LogP contribution is 2.26. The van der Waals surface area contributed by atoms with Crippen LogP contribution in [0.3, 0.4) is 0 Å². The molecule has 1 aromatic rings. The standard InChI is InChI=1S/C17H24N2O2/c1-12-9-19(10-13(2)18(12)3)11-16(20)14-4-5-17-15(8-14)6-7-21-17/h4-5,8,12-13H,6-7,9-11H2,1-3H3. The van der Waals surface area contributed by atoms with E-state index in [1.807, 2.05) is 18.2 Å². The lowest BCUT2D eigenvalue weighted by molar-refractivity contribution is 0.0549. The molecule has 1 fully saturated rings. The van der Waals surface area contributed by atoms with Crippen molar-refractivity contribution in [1.29, 1.82) is 0 Å².